The second kappa shape index (κ2) is 10.8. The van der Waals surface area contributed by atoms with Crippen LogP contribution in [0.2, 0.25) is 0 Å². The van der Waals surface area contributed by atoms with E-state index >= 15 is 0 Å². The van der Waals surface area contributed by atoms with Crippen molar-refractivity contribution < 1.29 is 36.8 Å². The van der Waals surface area contributed by atoms with Crippen LogP contribution in [0.5, 0.6) is 5.75 Å². The number of halogens is 1. The van der Waals surface area contributed by atoms with Crippen LogP contribution in [0.3, 0.4) is 0 Å². The van der Waals surface area contributed by atoms with Crippen molar-refractivity contribution in [1.29, 1.82) is 0 Å². The van der Waals surface area contributed by atoms with Gasteiger partial charge in [0.2, 0.25) is 10.0 Å². The van der Waals surface area contributed by atoms with Crippen LogP contribution in [0, 0.1) is 15.9 Å². The molecule has 2 aromatic rings. The molecule has 0 aliphatic rings. The summed E-state index contributed by atoms with van der Waals surface area (Å²) in [5.41, 5.74) is -1.05. The summed E-state index contributed by atoms with van der Waals surface area (Å²) in [7, 11) is -2.68. The zero-order chi connectivity index (χ0) is 24.8. The molecule has 1 amide bonds. The minimum absolute atomic E-state index is 0.0253. The van der Waals surface area contributed by atoms with Gasteiger partial charge in [-0.2, -0.15) is 4.31 Å². The number of methoxy groups -OCH3 is 1. The zero-order valence-electron chi connectivity index (χ0n) is 18.0. The van der Waals surface area contributed by atoms with Gasteiger partial charge in [0.1, 0.15) is 16.5 Å². The molecule has 2 aromatic carbocycles. The molecule has 33 heavy (non-hydrogen) atoms. The maximum atomic E-state index is 13.8. The van der Waals surface area contributed by atoms with E-state index in [-0.39, 0.29) is 29.3 Å². The van der Waals surface area contributed by atoms with Gasteiger partial charge in [-0.1, -0.05) is 13.8 Å². The lowest BCUT2D eigenvalue weighted by molar-refractivity contribution is -0.384. The van der Waals surface area contributed by atoms with Crippen LogP contribution in [0.1, 0.15) is 24.2 Å². The van der Waals surface area contributed by atoms with Gasteiger partial charge in [0.05, 0.1) is 23.3 Å². The minimum atomic E-state index is -3.96. The van der Waals surface area contributed by atoms with E-state index in [1.54, 1.807) is 13.8 Å². The van der Waals surface area contributed by atoms with E-state index in [0.717, 1.165) is 24.3 Å². The van der Waals surface area contributed by atoms with Gasteiger partial charge in [-0.05, 0) is 24.3 Å². The van der Waals surface area contributed by atoms with E-state index in [9.17, 15) is 32.5 Å². The Kier molecular flexibility index (Phi) is 8.43. The summed E-state index contributed by atoms with van der Waals surface area (Å²) < 4.78 is 50.7. The van der Waals surface area contributed by atoms with Crippen LogP contribution in [-0.4, -0.2) is 56.3 Å². The smallest absolute Gasteiger partial charge is 0.338 e. The lowest BCUT2D eigenvalue weighted by Crippen LogP contribution is -2.31. The molecule has 0 radical (unpaired) electrons. The predicted octanol–water partition coefficient (Wildman–Crippen LogP) is 2.57. The fraction of sp³-hybridized carbons (Fsp3) is 0.300. The Bertz CT molecular complexity index is 1170. The van der Waals surface area contributed by atoms with Crippen molar-refractivity contribution in [2.45, 2.75) is 18.7 Å². The number of non-ortho nitro benzene ring substituents is 1. The molecule has 0 fully saturated rings. The molecule has 0 unspecified atom stereocenters. The van der Waals surface area contributed by atoms with E-state index in [1.165, 1.54) is 23.5 Å². The number of nitro benzene ring substituents is 1. The Morgan fingerprint density at radius 2 is 1.82 bits per heavy atom. The molecular formula is C20H22FN3O8S. The first-order valence-electron chi connectivity index (χ1n) is 9.64. The van der Waals surface area contributed by atoms with Crippen LogP contribution < -0.4 is 10.1 Å². The number of sulfonamides is 1. The van der Waals surface area contributed by atoms with Crippen LogP contribution in [0.4, 0.5) is 15.8 Å². The van der Waals surface area contributed by atoms with Crippen LogP contribution in [-0.2, 0) is 19.6 Å². The Balaban J connectivity index is 2.17. The number of ether oxygens (including phenoxy) is 2. The van der Waals surface area contributed by atoms with Gasteiger partial charge in [0, 0.05) is 25.2 Å². The van der Waals surface area contributed by atoms with E-state index in [2.05, 4.69) is 5.32 Å². The highest BCUT2D eigenvalue weighted by Gasteiger charge is 2.27. The number of nitrogens with zero attached hydrogens (tertiary/aromatic N) is 2. The van der Waals surface area contributed by atoms with Crippen LogP contribution in [0.15, 0.2) is 41.3 Å². The lowest BCUT2D eigenvalue weighted by Gasteiger charge is -2.20. The molecule has 1 N–H and O–H groups in total. The minimum Gasteiger partial charge on any atom is -0.495 e. The molecule has 2 rings (SSSR count). The number of rotatable bonds is 10. The normalized spacial score (nSPS) is 11.2. The number of carbonyl (C=O) groups is 2. The maximum Gasteiger partial charge on any atom is 0.338 e. The molecule has 0 spiro atoms. The molecule has 0 saturated carbocycles. The molecule has 11 nitrogen and oxygen atoms in total. The summed E-state index contributed by atoms with van der Waals surface area (Å²) in [6.07, 6.45) is 0. The first-order valence-corrected chi connectivity index (χ1v) is 11.1. The maximum absolute atomic E-state index is 13.8. The summed E-state index contributed by atoms with van der Waals surface area (Å²) in [5, 5.41) is 12.9. The monoisotopic (exact) mass is 483 g/mol. The summed E-state index contributed by atoms with van der Waals surface area (Å²) in [5.74, 6) is -2.85. The fourth-order valence-corrected chi connectivity index (χ4v) is 4.47. The number of carbonyl (C=O) groups excluding carboxylic acids is 2. The Morgan fingerprint density at radius 1 is 1.15 bits per heavy atom. The number of esters is 1. The molecule has 0 aromatic heterocycles. The van der Waals surface area contributed by atoms with Crippen molar-refractivity contribution in [2.75, 3.05) is 32.1 Å². The van der Waals surface area contributed by atoms with Crippen molar-refractivity contribution in [3.8, 4) is 5.75 Å². The van der Waals surface area contributed by atoms with Crippen molar-refractivity contribution >= 4 is 33.3 Å². The van der Waals surface area contributed by atoms with Crippen molar-refractivity contribution in [3.63, 3.8) is 0 Å². The summed E-state index contributed by atoms with van der Waals surface area (Å²) in [6, 6.07) is 6.19. The molecule has 0 saturated heterocycles. The van der Waals surface area contributed by atoms with Gasteiger partial charge in [0.15, 0.2) is 6.61 Å². The highest BCUT2D eigenvalue weighted by Crippen LogP contribution is 2.28. The van der Waals surface area contributed by atoms with Crippen molar-refractivity contribution in [2.24, 2.45) is 0 Å². The predicted molar refractivity (Wildman–Crippen MR) is 115 cm³/mol. The summed E-state index contributed by atoms with van der Waals surface area (Å²) in [4.78, 5) is 34.2. The summed E-state index contributed by atoms with van der Waals surface area (Å²) in [6.45, 7) is 2.88. The Morgan fingerprint density at radius 3 is 2.39 bits per heavy atom. The van der Waals surface area contributed by atoms with E-state index in [4.69, 9.17) is 9.47 Å². The number of nitrogens with one attached hydrogen (secondary N) is 1. The number of amides is 1. The van der Waals surface area contributed by atoms with Gasteiger partial charge >= 0.3 is 5.97 Å². The lowest BCUT2D eigenvalue weighted by atomic mass is 10.2. The van der Waals surface area contributed by atoms with Gasteiger partial charge in [0.25, 0.3) is 11.6 Å². The summed E-state index contributed by atoms with van der Waals surface area (Å²) >= 11 is 0. The third kappa shape index (κ3) is 6.02. The number of hydrogen-bond acceptors (Lipinski definition) is 8. The molecule has 0 aliphatic carbocycles. The first kappa shape index (κ1) is 25.7. The molecular weight excluding hydrogens is 461 g/mol. The number of anilines is 1. The standard InChI is InChI=1S/C20H22FN3O8S/c1-4-23(5-2)33(29,30)18-10-13(6-9-17(18)31-3)20(26)32-12-19(25)22-16-11-14(24(27)28)7-8-15(16)21/h6-11H,4-5,12H2,1-3H3,(H,22,25). The molecule has 0 aliphatic heterocycles. The largest absolute Gasteiger partial charge is 0.495 e. The van der Waals surface area contributed by atoms with Gasteiger partial charge in [-0.3, -0.25) is 14.9 Å². The highest BCUT2D eigenvalue weighted by molar-refractivity contribution is 7.89. The van der Waals surface area contributed by atoms with Gasteiger partial charge in [-0.25, -0.2) is 17.6 Å². The average Bonchev–Trinajstić information content (AvgIpc) is 2.78. The number of nitro groups is 1. The Labute approximate surface area is 189 Å². The molecule has 0 atom stereocenters. The molecule has 0 bridgehead atoms. The van der Waals surface area contributed by atoms with Gasteiger partial charge < -0.3 is 14.8 Å². The Hall–Kier alpha value is -3.58. The first-order chi connectivity index (χ1) is 15.5. The second-order valence-electron chi connectivity index (χ2n) is 6.50. The third-order valence-electron chi connectivity index (χ3n) is 4.49. The fourth-order valence-electron chi connectivity index (χ4n) is 2.83. The second-order valence-corrected chi connectivity index (χ2v) is 8.41. The van der Waals surface area contributed by atoms with E-state index in [1.807, 2.05) is 0 Å². The van der Waals surface area contributed by atoms with E-state index < -0.39 is 50.6 Å². The average molecular weight is 483 g/mol. The molecule has 178 valence electrons. The number of benzene rings is 2. The quantitative estimate of drug-likeness (QED) is 0.308. The number of hydrogen-bond donors (Lipinski definition) is 1. The van der Waals surface area contributed by atoms with Crippen LogP contribution >= 0.6 is 0 Å². The van der Waals surface area contributed by atoms with Gasteiger partial charge in [-0.15, -0.1) is 0 Å². The molecule has 0 heterocycles. The highest BCUT2D eigenvalue weighted by atomic mass is 32.2. The van der Waals surface area contributed by atoms with E-state index in [0.29, 0.717) is 0 Å². The molecule has 13 heteroatoms. The third-order valence-corrected chi connectivity index (χ3v) is 6.56. The van der Waals surface area contributed by atoms with Crippen molar-refractivity contribution in [1.82, 2.24) is 4.31 Å². The van der Waals surface area contributed by atoms with Crippen molar-refractivity contribution in [3.05, 3.63) is 57.9 Å². The SMILES string of the molecule is CCN(CC)S(=O)(=O)c1cc(C(=O)OCC(=O)Nc2cc([N+](=O)[O-])ccc2F)ccc1OC. The zero-order valence-corrected chi connectivity index (χ0v) is 18.8. The van der Waals surface area contributed by atoms with Crippen LogP contribution in [0.25, 0.3) is 0 Å². The topological polar surface area (TPSA) is 145 Å².